The number of benzene rings is 2. The fourth-order valence-electron chi connectivity index (χ4n) is 6.89. The Morgan fingerprint density at radius 2 is 1.68 bits per heavy atom. The average molecular weight is 781 g/mol. The average Bonchev–Trinajstić information content (AvgIpc) is 3.45. The lowest BCUT2D eigenvalue weighted by Gasteiger charge is -2.21. The van der Waals surface area contributed by atoms with E-state index >= 15 is 0 Å². The third-order valence-electron chi connectivity index (χ3n) is 9.82. The molecule has 1 atom stereocenters. The molecule has 6 rings (SSSR count). The maximum atomic E-state index is 13.5. The smallest absolute Gasteiger partial charge is 0.329 e. The Labute approximate surface area is 327 Å². The van der Waals surface area contributed by atoms with Crippen LogP contribution in [-0.4, -0.2) is 68.5 Å². The van der Waals surface area contributed by atoms with Crippen molar-refractivity contribution in [2.45, 2.75) is 63.8 Å². The molecule has 5 aromatic rings. The van der Waals surface area contributed by atoms with Gasteiger partial charge in [-0.3, -0.25) is 34.2 Å². The molecule has 0 aliphatic carbocycles. The lowest BCUT2D eigenvalue weighted by molar-refractivity contribution is -0.135. The molecule has 1 unspecified atom stereocenters. The highest BCUT2D eigenvalue weighted by Crippen LogP contribution is 2.37. The van der Waals surface area contributed by atoms with Crippen LogP contribution in [-0.2, 0) is 23.1 Å². The Morgan fingerprint density at radius 3 is 2.42 bits per heavy atom. The van der Waals surface area contributed by atoms with Gasteiger partial charge < -0.3 is 20.7 Å². The van der Waals surface area contributed by atoms with E-state index in [9.17, 15) is 28.4 Å². The molecular weight excluding hydrogens is 736 g/mol. The lowest BCUT2D eigenvalue weighted by Crippen LogP contribution is -2.44. The standard InChI is InChI=1S/C40H45FN10O6/c1-42-37(53)27-23-44-33(20-29(27)47-28-13-10-12-26(35(28)57-3)36-45-21-25(41)22-46-36)48-39(55)43-18-9-7-5-4-6-8-11-24-14-15-30-32(19-24)50(2)40(56)51(30)31-16-17-34(52)49-38(31)54/h10,12-15,19-23,31H,4-9,11,16-18H2,1-3H3,(H,42,53)(H,49,52,54)(H3,43,44,47,48,55). The number of fused-ring (bicyclic) bond motifs is 1. The number of imide groups is 1. The second-order valence-electron chi connectivity index (χ2n) is 13.7. The van der Waals surface area contributed by atoms with Crippen LogP contribution in [0.5, 0.6) is 5.75 Å². The highest BCUT2D eigenvalue weighted by molar-refractivity contribution is 6.01. The molecule has 1 aliphatic heterocycles. The van der Waals surface area contributed by atoms with Gasteiger partial charge in [-0.25, -0.2) is 28.9 Å². The van der Waals surface area contributed by atoms with Crippen molar-refractivity contribution in [3.05, 3.63) is 88.5 Å². The number of ether oxygens (including phenoxy) is 1. The number of urea groups is 1. The number of carbonyl (C=O) groups is 4. The first-order valence-corrected chi connectivity index (χ1v) is 18.8. The molecule has 0 radical (unpaired) electrons. The van der Waals surface area contributed by atoms with Gasteiger partial charge in [0.05, 0.1) is 53.0 Å². The number of para-hydroxylation sites is 1. The molecule has 0 bridgehead atoms. The summed E-state index contributed by atoms with van der Waals surface area (Å²) >= 11 is 0. The number of amides is 5. The highest BCUT2D eigenvalue weighted by atomic mass is 19.1. The second kappa shape index (κ2) is 18.3. The van der Waals surface area contributed by atoms with Gasteiger partial charge in [0.25, 0.3) is 5.91 Å². The number of anilines is 3. The minimum Gasteiger partial charge on any atom is -0.494 e. The highest BCUT2D eigenvalue weighted by Gasteiger charge is 2.31. The molecule has 298 valence electrons. The molecule has 0 spiro atoms. The van der Waals surface area contributed by atoms with Gasteiger partial charge in [-0.15, -0.1) is 0 Å². The molecule has 5 amide bonds. The Kier molecular flexibility index (Phi) is 12.9. The number of piperidine rings is 1. The van der Waals surface area contributed by atoms with Gasteiger partial charge >= 0.3 is 11.7 Å². The summed E-state index contributed by atoms with van der Waals surface area (Å²) in [6.07, 6.45) is 10.7. The number of aromatic nitrogens is 5. The van der Waals surface area contributed by atoms with E-state index in [-0.39, 0.29) is 35.2 Å². The third-order valence-corrected chi connectivity index (χ3v) is 9.82. The number of halogens is 1. The largest absolute Gasteiger partial charge is 0.494 e. The minimum atomic E-state index is -0.704. The van der Waals surface area contributed by atoms with Crippen molar-refractivity contribution >= 4 is 52.0 Å². The minimum absolute atomic E-state index is 0.200. The number of methoxy groups -OCH3 is 1. The topological polar surface area (TPSA) is 203 Å². The van der Waals surface area contributed by atoms with Crippen LogP contribution in [0.25, 0.3) is 22.4 Å². The van der Waals surface area contributed by atoms with E-state index in [0.29, 0.717) is 41.2 Å². The number of nitrogens with zero attached hydrogens (tertiary/aromatic N) is 5. The van der Waals surface area contributed by atoms with Crippen LogP contribution in [0.1, 0.15) is 73.3 Å². The summed E-state index contributed by atoms with van der Waals surface area (Å²) in [4.78, 5) is 74.9. The molecule has 16 nitrogen and oxygen atoms in total. The number of unbranched alkanes of at least 4 members (excludes halogenated alkanes) is 5. The van der Waals surface area contributed by atoms with Gasteiger partial charge in [0.1, 0.15) is 11.9 Å². The molecular formula is C40H45FN10O6. The number of hydrogen-bond donors (Lipinski definition) is 5. The van der Waals surface area contributed by atoms with Crippen molar-refractivity contribution in [3.63, 3.8) is 0 Å². The number of aryl methyl sites for hydroxylation is 2. The maximum absolute atomic E-state index is 13.5. The summed E-state index contributed by atoms with van der Waals surface area (Å²) in [6, 6.07) is 11.5. The summed E-state index contributed by atoms with van der Waals surface area (Å²) in [5.41, 5.74) is 3.83. The molecule has 1 fully saturated rings. The Hall–Kier alpha value is -6.65. The predicted octanol–water partition coefficient (Wildman–Crippen LogP) is 5.13. The summed E-state index contributed by atoms with van der Waals surface area (Å²) in [5, 5.41) is 13.7. The predicted molar refractivity (Wildman–Crippen MR) is 212 cm³/mol. The summed E-state index contributed by atoms with van der Waals surface area (Å²) in [5.74, 6) is -0.901. The Morgan fingerprint density at radius 1 is 0.930 bits per heavy atom. The number of rotatable bonds is 16. The van der Waals surface area contributed by atoms with E-state index in [4.69, 9.17) is 4.74 Å². The van der Waals surface area contributed by atoms with Crippen molar-refractivity contribution in [1.82, 2.24) is 40.0 Å². The van der Waals surface area contributed by atoms with Crippen LogP contribution in [0.4, 0.5) is 26.4 Å². The zero-order valence-corrected chi connectivity index (χ0v) is 32.0. The fraction of sp³-hybridized carbons (Fsp3) is 0.350. The molecule has 2 aromatic carbocycles. The molecule has 4 heterocycles. The normalized spacial score (nSPS) is 13.9. The Bertz CT molecular complexity index is 2340. The van der Waals surface area contributed by atoms with Crippen molar-refractivity contribution in [2.75, 3.05) is 31.3 Å². The van der Waals surface area contributed by atoms with Crippen LogP contribution in [0.2, 0.25) is 0 Å². The zero-order valence-electron chi connectivity index (χ0n) is 32.0. The number of imidazole rings is 1. The van der Waals surface area contributed by atoms with Crippen molar-refractivity contribution in [1.29, 1.82) is 0 Å². The van der Waals surface area contributed by atoms with E-state index < -0.39 is 29.7 Å². The monoisotopic (exact) mass is 780 g/mol. The molecule has 3 aromatic heterocycles. The number of pyridine rings is 1. The van der Waals surface area contributed by atoms with Crippen LogP contribution < -0.4 is 37.0 Å². The third kappa shape index (κ3) is 9.42. The van der Waals surface area contributed by atoms with Crippen LogP contribution in [0.3, 0.4) is 0 Å². The van der Waals surface area contributed by atoms with E-state index in [1.54, 1.807) is 35.9 Å². The van der Waals surface area contributed by atoms with E-state index in [0.717, 1.165) is 68.4 Å². The van der Waals surface area contributed by atoms with Gasteiger partial charge in [0, 0.05) is 39.3 Å². The maximum Gasteiger partial charge on any atom is 0.329 e. The molecule has 5 N–H and O–H groups in total. The van der Waals surface area contributed by atoms with Gasteiger partial charge in [-0.2, -0.15) is 0 Å². The van der Waals surface area contributed by atoms with Gasteiger partial charge in [-0.05, 0) is 55.5 Å². The molecule has 0 saturated carbocycles. The van der Waals surface area contributed by atoms with Crippen LogP contribution in [0, 0.1) is 5.82 Å². The number of nitrogens with one attached hydrogen (secondary N) is 5. The quantitative estimate of drug-likeness (QED) is 0.0660. The fourth-order valence-corrected chi connectivity index (χ4v) is 6.89. The molecule has 57 heavy (non-hydrogen) atoms. The first-order chi connectivity index (χ1) is 27.6. The second-order valence-corrected chi connectivity index (χ2v) is 13.7. The first kappa shape index (κ1) is 40.0. The van der Waals surface area contributed by atoms with Gasteiger partial charge in [0.2, 0.25) is 11.8 Å². The summed E-state index contributed by atoms with van der Waals surface area (Å²) in [6.45, 7) is 0.472. The van der Waals surface area contributed by atoms with E-state index in [2.05, 4.69) is 41.5 Å². The number of carbonyl (C=O) groups excluding carboxylic acids is 4. The lowest BCUT2D eigenvalue weighted by atomic mass is 10.0. The SMILES string of the molecule is CNC(=O)c1cnc(NC(=O)NCCCCCCCCc2ccc3c(c2)n(C)c(=O)n3C2CCC(=O)NC2=O)cc1Nc1cccc(-c2ncc(F)cn2)c1OC. The van der Waals surface area contributed by atoms with E-state index in [1.807, 2.05) is 18.2 Å². The molecule has 1 aliphatic rings. The van der Waals surface area contributed by atoms with Gasteiger partial charge in [-0.1, -0.05) is 37.8 Å². The number of hydrogen-bond acceptors (Lipinski definition) is 10. The molecule has 1 saturated heterocycles. The van der Waals surface area contributed by atoms with Crippen molar-refractivity contribution < 1.29 is 28.3 Å². The first-order valence-electron chi connectivity index (χ1n) is 18.8. The van der Waals surface area contributed by atoms with E-state index in [1.165, 1.54) is 24.9 Å². The summed E-state index contributed by atoms with van der Waals surface area (Å²) in [7, 11) is 4.67. The van der Waals surface area contributed by atoms with Crippen molar-refractivity contribution in [2.24, 2.45) is 7.05 Å². The Balaban J connectivity index is 0.949. The van der Waals surface area contributed by atoms with Gasteiger partial charge in [0.15, 0.2) is 17.4 Å². The molecule has 17 heteroatoms. The zero-order chi connectivity index (χ0) is 40.5. The van der Waals surface area contributed by atoms with Crippen LogP contribution >= 0.6 is 0 Å². The summed E-state index contributed by atoms with van der Waals surface area (Å²) < 4.78 is 22.2. The van der Waals surface area contributed by atoms with Crippen LogP contribution in [0.15, 0.2) is 65.8 Å². The van der Waals surface area contributed by atoms with Crippen molar-refractivity contribution in [3.8, 4) is 17.1 Å².